The predicted molar refractivity (Wildman–Crippen MR) is 82.3 cm³/mol. The summed E-state index contributed by atoms with van der Waals surface area (Å²) in [5.74, 6) is -0.607. The van der Waals surface area contributed by atoms with Gasteiger partial charge < -0.3 is 5.73 Å². The lowest BCUT2D eigenvalue weighted by Gasteiger charge is -2.15. The minimum absolute atomic E-state index is 0.0341. The lowest BCUT2D eigenvalue weighted by atomic mass is 10.1. The highest BCUT2D eigenvalue weighted by atomic mass is 32.2. The Morgan fingerprint density at radius 1 is 1.05 bits per heavy atom. The molecule has 0 bridgehead atoms. The van der Waals surface area contributed by atoms with Crippen LogP contribution in [0.1, 0.15) is 16.7 Å². The molecule has 0 aliphatic heterocycles. The summed E-state index contributed by atoms with van der Waals surface area (Å²) in [7, 11) is -3.88. The molecule has 0 radical (unpaired) electrons. The molecular formula is C15H17FN2O2S. The normalized spacial score (nSPS) is 11.4. The molecular weight excluding hydrogens is 291 g/mol. The van der Waals surface area contributed by atoms with Gasteiger partial charge in [0.05, 0.1) is 10.6 Å². The number of para-hydroxylation sites is 1. The Hall–Kier alpha value is -2.08. The smallest absolute Gasteiger partial charge is 0.262 e. The van der Waals surface area contributed by atoms with Crippen LogP contribution < -0.4 is 10.5 Å². The van der Waals surface area contributed by atoms with Crippen LogP contribution in [-0.2, 0) is 10.0 Å². The first kappa shape index (κ1) is 15.3. The molecule has 2 aromatic rings. The number of nitrogens with one attached hydrogen (secondary N) is 1. The first-order valence-electron chi connectivity index (χ1n) is 6.37. The Kier molecular flexibility index (Phi) is 3.91. The fourth-order valence-corrected chi connectivity index (χ4v) is 3.95. The second kappa shape index (κ2) is 5.37. The zero-order valence-electron chi connectivity index (χ0n) is 12.1. The topological polar surface area (TPSA) is 72.2 Å². The summed E-state index contributed by atoms with van der Waals surface area (Å²) in [6, 6.07) is 7.55. The van der Waals surface area contributed by atoms with Crippen molar-refractivity contribution in [3.8, 4) is 0 Å². The van der Waals surface area contributed by atoms with Gasteiger partial charge in [0.15, 0.2) is 0 Å². The minimum Gasteiger partial charge on any atom is -0.399 e. The summed E-state index contributed by atoms with van der Waals surface area (Å²) in [6.45, 7) is 4.96. The average molecular weight is 308 g/mol. The van der Waals surface area contributed by atoms with E-state index in [9.17, 15) is 12.8 Å². The molecule has 2 aromatic carbocycles. The SMILES string of the molecule is Cc1cccc(F)c1NS(=O)(=O)c1c(C)cc(N)cc1C. The molecule has 6 heteroatoms. The Balaban J connectivity index is 2.54. The minimum atomic E-state index is -3.88. The van der Waals surface area contributed by atoms with E-state index in [1.165, 1.54) is 12.1 Å². The number of benzene rings is 2. The van der Waals surface area contributed by atoms with Crippen molar-refractivity contribution in [2.24, 2.45) is 0 Å². The van der Waals surface area contributed by atoms with Gasteiger partial charge >= 0.3 is 0 Å². The van der Waals surface area contributed by atoms with Crippen LogP contribution in [0.5, 0.6) is 0 Å². The van der Waals surface area contributed by atoms with Gasteiger partial charge in [-0.25, -0.2) is 12.8 Å². The summed E-state index contributed by atoms with van der Waals surface area (Å²) < 4.78 is 41.2. The van der Waals surface area contributed by atoms with Crippen LogP contribution in [-0.4, -0.2) is 8.42 Å². The number of sulfonamides is 1. The van der Waals surface area contributed by atoms with E-state index in [1.807, 2.05) is 0 Å². The summed E-state index contributed by atoms with van der Waals surface area (Å²) >= 11 is 0. The van der Waals surface area contributed by atoms with E-state index in [4.69, 9.17) is 5.73 Å². The van der Waals surface area contributed by atoms with Crippen LogP contribution in [0.25, 0.3) is 0 Å². The number of nitrogen functional groups attached to an aromatic ring is 1. The van der Waals surface area contributed by atoms with Crippen LogP contribution in [0.15, 0.2) is 35.2 Å². The zero-order valence-corrected chi connectivity index (χ0v) is 12.9. The van der Waals surface area contributed by atoms with Crippen molar-refractivity contribution in [1.29, 1.82) is 0 Å². The van der Waals surface area contributed by atoms with E-state index < -0.39 is 15.8 Å². The maximum absolute atomic E-state index is 13.8. The number of rotatable bonds is 3. The number of nitrogens with two attached hydrogens (primary N) is 1. The van der Waals surface area contributed by atoms with E-state index in [1.54, 1.807) is 39.0 Å². The van der Waals surface area contributed by atoms with Gasteiger partial charge in [0.25, 0.3) is 10.0 Å². The van der Waals surface area contributed by atoms with Crippen LogP contribution in [0.4, 0.5) is 15.8 Å². The molecule has 3 N–H and O–H groups in total. The molecule has 112 valence electrons. The molecule has 0 spiro atoms. The summed E-state index contributed by atoms with van der Waals surface area (Å²) in [4.78, 5) is 0.124. The lowest BCUT2D eigenvalue weighted by molar-refractivity contribution is 0.597. The highest BCUT2D eigenvalue weighted by Gasteiger charge is 2.22. The standard InChI is InChI=1S/C15H17FN2O2S/c1-9-5-4-6-13(16)14(9)18-21(19,20)15-10(2)7-12(17)8-11(15)3/h4-8,18H,17H2,1-3H3. The molecule has 0 aromatic heterocycles. The molecule has 0 aliphatic carbocycles. The van der Waals surface area contributed by atoms with Gasteiger partial charge in [0, 0.05) is 5.69 Å². The number of aryl methyl sites for hydroxylation is 3. The number of hydrogen-bond acceptors (Lipinski definition) is 3. The second-order valence-electron chi connectivity index (χ2n) is 5.02. The quantitative estimate of drug-likeness (QED) is 0.856. The van der Waals surface area contributed by atoms with Crippen LogP contribution in [0, 0.1) is 26.6 Å². The number of halogens is 1. The molecule has 21 heavy (non-hydrogen) atoms. The molecule has 0 aliphatic rings. The van der Waals surface area contributed by atoms with Crippen LogP contribution in [0.2, 0.25) is 0 Å². The van der Waals surface area contributed by atoms with Gasteiger partial charge in [0.1, 0.15) is 5.82 Å². The molecule has 0 saturated heterocycles. The average Bonchev–Trinajstić information content (AvgIpc) is 2.32. The predicted octanol–water partition coefficient (Wildman–Crippen LogP) is 3.13. The van der Waals surface area contributed by atoms with Gasteiger partial charge in [-0.05, 0) is 55.7 Å². The lowest BCUT2D eigenvalue weighted by Crippen LogP contribution is -2.17. The molecule has 4 nitrogen and oxygen atoms in total. The third-order valence-corrected chi connectivity index (χ3v) is 4.86. The molecule has 0 heterocycles. The van der Waals surface area contributed by atoms with Gasteiger partial charge in [0.2, 0.25) is 0 Å². The Morgan fingerprint density at radius 2 is 1.62 bits per heavy atom. The maximum atomic E-state index is 13.8. The maximum Gasteiger partial charge on any atom is 0.262 e. The van der Waals surface area contributed by atoms with E-state index in [0.717, 1.165) is 0 Å². The van der Waals surface area contributed by atoms with Gasteiger partial charge in [-0.1, -0.05) is 12.1 Å². The van der Waals surface area contributed by atoms with Gasteiger partial charge in [-0.2, -0.15) is 0 Å². The van der Waals surface area contributed by atoms with Crippen molar-refractivity contribution in [2.75, 3.05) is 10.5 Å². The van der Waals surface area contributed by atoms with E-state index in [0.29, 0.717) is 22.4 Å². The van der Waals surface area contributed by atoms with E-state index >= 15 is 0 Å². The molecule has 0 unspecified atom stereocenters. The number of hydrogen-bond donors (Lipinski definition) is 2. The first-order valence-corrected chi connectivity index (χ1v) is 7.85. The monoisotopic (exact) mass is 308 g/mol. The van der Waals surface area contributed by atoms with Gasteiger partial charge in [-0.3, -0.25) is 4.72 Å². The van der Waals surface area contributed by atoms with Crippen molar-refractivity contribution >= 4 is 21.4 Å². The third kappa shape index (κ3) is 3.00. The fourth-order valence-electron chi connectivity index (χ4n) is 2.35. The summed E-state index contributed by atoms with van der Waals surface area (Å²) in [5, 5.41) is 0. The van der Waals surface area contributed by atoms with Crippen molar-refractivity contribution in [3.05, 3.63) is 52.8 Å². The molecule has 0 atom stereocenters. The summed E-state index contributed by atoms with van der Waals surface area (Å²) in [5.41, 5.74) is 7.72. The third-order valence-electron chi connectivity index (χ3n) is 3.21. The van der Waals surface area contributed by atoms with Crippen molar-refractivity contribution < 1.29 is 12.8 Å². The first-order chi connectivity index (χ1) is 9.72. The molecule has 0 amide bonds. The molecule has 0 fully saturated rings. The summed E-state index contributed by atoms with van der Waals surface area (Å²) in [6.07, 6.45) is 0. The van der Waals surface area contributed by atoms with Crippen LogP contribution in [0.3, 0.4) is 0 Å². The van der Waals surface area contributed by atoms with E-state index in [-0.39, 0.29) is 10.6 Å². The fraction of sp³-hybridized carbons (Fsp3) is 0.200. The largest absolute Gasteiger partial charge is 0.399 e. The Labute approximate surface area is 123 Å². The van der Waals surface area contributed by atoms with Crippen molar-refractivity contribution in [2.45, 2.75) is 25.7 Å². The Morgan fingerprint density at radius 3 is 2.14 bits per heavy atom. The highest BCUT2D eigenvalue weighted by Crippen LogP contribution is 2.27. The Bertz CT molecular complexity index is 758. The second-order valence-corrected chi connectivity index (χ2v) is 6.64. The zero-order chi connectivity index (χ0) is 15.8. The highest BCUT2D eigenvalue weighted by molar-refractivity contribution is 7.92. The van der Waals surface area contributed by atoms with Crippen LogP contribution >= 0.6 is 0 Å². The number of anilines is 2. The van der Waals surface area contributed by atoms with Crippen molar-refractivity contribution in [1.82, 2.24) is 0 Å². The van der Waals surface area contributed by atoms with Crippen molar-refractivity contribution in [3.63, 3.8) is 0 Å². The van der Waals surface area contributed by atoms with E-state index in [2.05, 4.69) is 4.72 Å². The molecule has 2 rings (SSSR count). The molecule has 0 saturated carbocycles. The van der Waals surface area contributed by atoms with Gasteiger partial charge in [-0.15, -0.1) is 0 Å².